The number of hydrogen-bond acceptors (Lipinski definition) is 5. The SMILES string of the molecule is C[C@@H](OC(=O)c1ccc(CS(C)(=O)=O)cc1)C(=O)N1CCc2ccccc21. The molecule has 0 saturated carbocycles. The lowest BCUT2D eigenvalue weighted by Crippen LogP contribution is -2.39. The maximum Gasteiger partial charge on any atom is 0.338 e. The molecule has 0 N–H and O–H groups in total. The van der Waals surface area contributed by atoms with Crippen molar-refractivity contribution in [3.8, 4) is 0 Å². The lowest BCUT2D eigenvalue weighted by atomic mass is 10.1. The van der Waals surface area contributed by atoms with E-state index < -0.39 is 21.9 Å². The summed E-state index contributed by atoms with van der Waals surface area (Å²) in [6, 6.07) is 13.8. The van der Waals surface area contributed by atoms with Crippen molar-refractivity contribution in [3.63, 3.8) is 0 Å². The van der Waals surface area contributed by atoms with Crippen LogP contribution < -0.4 is 4.90 Å². The molecule has 1 amide bonds. The second-order valence-corrected chi connectivity index (χ2v) is 8.82. The molecule has 7 heteroatoms. The zero-order chi connectivity index (χ0) is 19.6. The van der Waals surface area contributed by atoms with E-state index in [0.717, 1.165) is 23.9 Å². The van der Waals surface area contributed by atoms with Crippen molar-refractivity contribution in [1.82, 2.24) is 0 Å². The first-order chi connectivity index (χ1) is 12.7. The zero-order valence-corrected chi connectivity index (χ0v) is 16.0. The number of anilines is 1. The Morgan fingerprint density at radius 1 is 1.11 bits per heavy atom. The van der Waals surface area contributed by atoms with Gasteiger partial charge < -0.3 is 9.64 Å². The van der Waals surface area contributed by atoms with Crippen LogP contribution in [0, 0.1) is 0 Å². The molecule has 2 aromatic rings. The van der Waals surface area contributed by atoms with Gasteiger partial charge in [-0.1, -0.05) is 30.3 Å². The number of sulfone groups is 1. The van der Waals surface area contributed by atoms with Crippen molar-refractivity contribution in [2.75, 3.05) is 17.7 Å². The molecule has 3 rings (SSSR count). The Bertz CT molecular complexity index is 966. The molecular formula is C20H21NO5S. The van der Waals surface area contributed by atoms with Gasteiger partial charge in [0.1, 0.15) is 0 Å². The normalized spacial score (nSPS) is 14.5. The number of para-hydroxylation sites is 1. The third-order valence-electron chi connectivity index (χ3n) is 4.40. The quantitative estimate of drug-likeness (QED) is 0.736. The Hall–Kier alpha value is -2.67. The standard InChI is InChI=1S/C20H21NO5S/c1-14(19(22)21-12-11-16-5-3-4-6-18(16)21)26-20(23)17-9-7-15(8-10-17)13-27(2,24)25/h3-10,14H,11-13H2,1-2H3/t14-/m1/s1. The van der Waals surface area contributed by atoms with E-state index in [1.807, 2.05) is 24.3 Å². The van der Waals surface area contributed by atoms with Crippen LogP contribution in [0.4, 0.5) is 5.69 Å². The van der Waals surface area contributed by atoms with Crippen LogP contribution >= 0.6 is 0 Å². The number of carbonyl (C=O) groups excluding carboxylic acids is 2. The van der Waals surface area contributed by atoms with Crippen LogP contribution in [0.15, 0.2) is 48.5 Å². The molecule has 27 heavy (non-hydrogen) atoms. The molecule has 0 aromatic heterocycles. The smallest absolute Gasteiger partial charge is 0.338 e. The van der Waals surface area contributed by atoms with Crippen molar-refractivity contribution in [3.05, 3.63) is 65.2 Å². The topological polar surface area (TPSA) is 80.8 Å². The van der Waals surface area contributed by atoms with Crippen molar-refractivity contribution >= 4 is 27.4 Å². The molecule has 1 aliphatic heterocycles. The molecule has 1 aliphatic rings. The minimum Gasteiger partial charge on any atom is -0.449 e. The third kappa shape index (κ3) is 4.54. The Balaban J connectivity index is 1.65. The predicted octanol–water partition coefficient (Wildman–Crippen LogP) is 2.37. The van der Waals surface area contributed by atoms with E-state index in [0.29, 0.717) is 12.1 Å². The van der Waals surface area contributed by atoms with Gasteiger partial charge in [0.25, 0.3) is 5.91 Å². The molecule has 1 atom stereocenters. The van der Waals surface area contributed by atoms with E-state index in [4.69, 9.17) is 4.74 Å². The van der Waals surface area contributed by atoms with Crippen LogP contribution in [0.25, 0.3) is 0 Å². The summed E-state index contributed by atoms with van der Waals surface area (Å²) in [6.07, 6.45) is 1.02. The highest BCUT2D eigenvalue weighted by Gasteiger charge is 2.29. The number of esters is 1. The molecular weight excluding hydrogens is 366 g/mol. The average molecular weight is 387 g/mol. The summed E-state index contributed by atoms with van der Waals surface area (Å²) in [7, 11) is -3.14. The van der Waals surface area contributed by atoms with Crippen LogP contribution in [0.3, 0.4) is 0 Å². The van der Waals surface area contributed by atoms with Crippen molar-refractivity contribution in [1.29, 1.82) is 0 Å². The maximum absolute atomic E-state index is 12.7. The van der Waals surface area contributed by atoms with E-state index in [1.165, 1.54) is 12.1 Å². The fourth-order valence-corrected chi connectivity index (χ4v) is 3.90. The third-order valence-corrected chi connectivity index (χ3v) is 5.26. The molecule has 0 unspecified atom stereocenters. The van der Waals surface area contributed by atoms with Gasteiger partial charge in [-0.3, -0.25) is 4.79 Å². The predicted molar refractivity (Wildman–Crippen MR) is 102 cm³/mol. The lowest BCUT2D eigenvalue weighted by molar-refractivity contribution is -0.126. The van der Waals surface area contributed by atoms with Crippen LogP contribution in [0.1, 0.15) is 28.4 Å². The number of rotatable bonds is 5. The molecule has 0 radical (unpaired) electrons. The summed E-state index contributed by atoms with van der Waals surface area (Å²) in [5, 5.41) is 0. The van der Waals surface area contributed by atoms with Crippen LogP contribution in [0.5, 0.6) is 0 Å². The van der Waals surface area contributed by atoms with Crippen molar-refractivity contribution in [2.45, 2.75) is 25.2 Å². The Morgan fingerprint density at radius 2 is 1.78 bits per heavy atom. The highest BCUT2D eigenvalue weighted by atomic mass is 32.2. The van der Waals surface area contributed by atoms with Crippen molar-refractivity contribution in [2.24, 2.45) is 0 Å². The molecule has 6 nitrogen and oxygen atoms in total. The number of fused-ring (bicyclic) bond motifs is 1. The van der Waals surface area contributed by atoms with Gasteiger partial charge >= 0.3 is 5.97 Å². The molecule has 2 aromatic carbocycles. The number of carbonyl (C=O) groups is 2. The zero-order valence-electron chi connectivity index (χ0n) is 15.2. The first kappa shape index (κ1) is 19.1. The summed E-state index contributed by atoms with van der Waals surface area (Å²) < 4.78 is 28.0. The number of nitrogens with zero attached hydrogens (tertiary/aromatic N) is 1. The van der Waals surface area contributed by atoms with Gasteiger partial charge in [0, 0.05) is 18.5 Å². The molecule has 0 saturated heterocycles. The van der Waals surface area contributed by atoms with Gasteiger partial charge in [-0.2, -0.15) is 0 Å². The fraction of sp³-hybridized carbons (Fsp3) is 0.300. The molecule has 142 valence electrons. The second-order valence-electron chi connectivity index (χ2n) is 6.68. The first-order valence-electron chi connectivity index (χ1n) is 8.61. The van der Waals surface area contributed by atoms with Crippen molar-refractivity contribution < 1.29 is 22.7 Å². The van der Waals surface area contributed by atoms with E-state index in [-0.39, 0.29) is 17.2 Å². The summed E-state index contributed by atoms with van der Waals surface area (Å²) in [5.74, 6) is -0.970. The molecule has 0 aliphatic carbocycles. The number of hydrogen-bond donors (Lipinski definition) is 0. The minimum atomic E-state index is -3.14. The van der Waals surface area contributed by atoms with Gasteiger partial charge in [-0.25, -0.2) is 13.2 Å². The van der Waals surface area contributed by atoms with E-state index in [2.05, 4.69) is 0 Å². The summed E-state index contributed by atoms with van der Waals surface area (Å²) in [6.45, 7) is 2.12. The highest BCUT2D eigenvalue weighted by Crippen LogP contribution is 2.28. The van der Waals surface area contributed by atoms with Crippen LogP contribution in [-0.4, -0.2) is 39.2 Å². The van der Waals surface area contributed by atoms with Gasteiger partial charge in [0.05, 0.1) is 11.3 Å². The van der Waals surface area contributed by atoms with Gasteiger partial charge in [0.2, 0.25) is 0 Å². The Labute approximate surface area is 158 Å². The number of ether oxygens (including phenoxy) is 1. The van der Waals surface area contributed by atoms with Gasteiger partial charge in [-0.15, -0.1) is 0 Å². The lowest BCUT2D eigenvalue weighted by Gasteiger charge is -2.21. The first-order valence-corrected chi connectivity index (χ1v) is 10.7. The number of benzene rings is 2. The maximum atomic E-state index is 12.7. The summed E-state index contributed by atoms with van der Waals surface area (Å²) in [5.41, 5.74) is 2.82. The molecule has 1 heterocycles. The highest BCUT2D eigenvalue weighted by molar-refractivity contribution is 7.89. The van der Waals surface area contributed by atoms with E-state index in [9.17, 15) is 18.0 Å². The Kier molecular flexibility index (Phi) is 5.32. The largest absolute Gasteiger partial charge is 0.449 e. The second kappa shape index (κ2) is 7.52. The van der Waals surface area contributed by atoms with E-state index in [1.54, 1.807) is 24.0 Å². The Morgan fingerprint density at radius 3 is 2.44 bits per heavy atom. The average Bonchev–Trinajstić information content (AvgIpc) is 3.04. The monoisotopic (exact) mass is 387 g/mol. The van der Waals surface area contributed by atoms with Gasteiger partial charge in [-0.05, 0) is 42.7 Å². The van der Waals surface area contributed by atoms with Crippen LogP contribution in [-0.2, 0) is 31.5 Å². The van der Waals surface area contributed by atoms with Crippen LogP contribution in [0.2, 0.25) is 0 Å². The summed E-state index contributed by atoms with van der Waals surface area (Å²) >= 11 is 0. The summed E-state index contributed by atoms with van der Waals surface area (Å²) in [4.78, 5) is 26.6. The van der Waals surface area contributed by atoms with Gasteiger partial charge in [0.15, 0.2) is 15.9 Å². The molecule has 0 bridgehead atoms. The molecule has 0 fully saturated rings. The molecule has 0 spiro atoms. The number of amides is 1. The fourth-order valence-electron chi connectivity index (χ4n) is 3.11. The van der Waals surface area contributed by atoms with E-state index >= 15 is 0 Å². The minimum absolute atomic E-state index is 0.0917.